The third kappa shape index (κ3) is 29.2. The van der Waals surface area contributed by atoms with E-state index in [-0.39, 0.29) is 12.1 Å². The van der Waals surface area contributed by atoms with Gasteiger partial charge >= 0.3 is 11.9 Å². The highest BCUT2D eigenvalue weighted by molar-refractivity contribution is 5.69. The van der Waals surface area contributed by atoms with E-state index in [2.05, 4.69) is 26.0 Å². The maximum atomic E-state index is 12.5. The van der Waals surface area contributed by atoms with Crippen LogP contribution in [0.4, 0.5) is 0 Å². The van der Waals surface area contributed by atoms with Crippen molar-refractivity contribution < 1.29 is 19.4 Å². The quantitative estimate of drug-likeness (QED) is 0.0563. The zero-order chi connectivity index (χ0) is 27.9. The van der Waals surface area contributed by atoms with Crippen LogP contribution in [0.3, 0.4) is 0 Å². The van der Waals surface area contributed by atoms with Crippen LogP contribution in [0.25, 0.3) is 0 Å². The Bertz CT molecular complexity index is 543. The number of esters is 1. The minimum atomic E-state index is -0.683. The Labute approximate surface area is 236 Å². The van der Waals surface area contributed by atoms with E-state index in [4.69, 9.17) is 9.84 Å². The molecule has 38 heavy (non-hydrogen) atoms. The molecule has 0 amide bonds. The Hall–Kier alpha value is -1.32. The molecule has 0 spiro atoms. The fourth-order valence-electron chi connectivity index (χ4n) is 4.99. The van der Waals surface area contributed by atoms with E-state index in [1.165, 1.54) is 109 Å². The molecule has 1 unspecified atom stereocenters. The second kappa shape index (κ2) is 30.2. The second-order valence-corrected chi connectivity index (χ2v) is 11.3. The number of carboxylic acids is 1. The van der Waals surface area contributed by atoms with Crippen molar-refractivity contribution in [3.8, 4) is 0 Å². The molecule has 0 rings (SSSR count). The van der Waals surface area contributed by atoms with E-state index < -0.39 is 5.97 Å². The lowest BCUT2D eigenvalue weighted by Crippen LogP contribution is -2.18. The third-order valence-corrected chi connectivity index (χ3v) is 7.49. The van der Waals surface area contributed by atoms with E-state index >= 15 is 0 Å². The first kappa shape index (κ1) is 36.7. The minimum absolute atomic E-state index is 0.0150. The molecule has 0 aliphatic heterocycles. The lowest BCUT2D eigenvalue weighted by molar-refractivity contribution is -0.150. The van der Waals surface area contributed by atoms with E-state index in [0.29, 0.717) is 12.8 Å². The zero-order valence-electron chi connectivity index (χ0n) is 25.5. The van der Waals surface area contributed by atoms with E-state index in [0.717, 1.165) is 51.4 Å². The summed E-state index contributed by atoms with van der Waals surface area (Å²) in [6.45, 7) is 4.49. The first-order valence-corrected chi connectivity index (χ1v) is 16.7. The van der Waals surface area contributed by atoms with Crippen molar-refractivity contribution >= 4 is 11.9 Å². The molecule has 0 aliphatic rings. The smallest absolute Gasteiger partial charge is 0.306 e. The van der Waals surface area contributed by atoms with Gasteiger partial charge in [-0.15, -0.1) is 0 Å². The monoisotopic (exact) mass is 536 g/mol. The Morgan fingerprint density at radius 1 is 0.553 bits per heavy atom. The number of allylic oxidation sites excluding steroid dienone is 2. The van der Waals surface area contributed by atoms with Crippen molar-refractivity contribution in [2.75, 3.05) is 0 Å². The highest BCUT2D eigenvalue weighted by atomic mass is 16.5. The van der Waals surface area contributed by atoms with Gasteiger partial charge in [0.15, 0.2) is 0 Å². The Balaban J connectivity index is 4.00. The van der Waals surface area contributed by atoms with Crippen LogP contribution in [-0.4, -0.2) is 23.1 Å². The number of ether oxygens (including phenoxy) is 1. The third-order valence-electron chi connectivity index (χ3n) is 7.49. The highest BCUT2D eigenvalue weighted by Gasteiger charge is 2.14. The van der Waals surface area contributed by atoms with Crippen LogP contribution in [0.2, 0.25) is 0 Å². The Morgan fingerprint density at radius 2 is 0.974 bits per heavy atom. The molecule has 0 aromatic rings. The molecule has 1 N–H and O–H groups in total. The molecule has 0 radical (unpaired) electrons. The predicted molar refractivity (Wildman–Crippen MR) is 163 cm³/mol. The van der Waals surface area contributed by atoms with Crippen LogP contribution in [0.15, 0.2) is 12.2 Å². The summed E-state index contributed by atoms with van der Waals surface area (Å²) in [5, 5.41) is 8.70. The summed E-state index contributed by atoms with van der Waals surface area (Å²) in [7, 11) is 0. The lowest BCUT2D eigenvalue weighted by atomic mass is 10.0. The number of hydrogen-bond acceptors (Lipinski definition) is 3. The van der Waals surface area contributed by atoms with Crippen molar-refractivity contribution in [1.29, 1.82) is 0 Å². The van der Waals surface area contributed by atoms with Gasteiger partial charge in [0.1, 0.15) is 6.10 Å². The first-order chi connectivity index (χ1) is 18.6. The normalized spacial score (nSPS) is 12.3. The summed E-state index contributed by atoms with van der Waals surface area (Å²) in [6.07, 6.45) is 35.1. The van der Waals surface area contributed by atoms with Crippen LogP contribution >= 0.6 is 0 Å². The van der Waals surface area contributed by atoms with Gasteiger partial charge in [0.2, 0.25) is 0 Å². The van der Waals surface area contributed by atoms with Crippen molar-refractivity contribution in [2.24, 2.45) is 0 Å². The van der Waals surface area contributed by atoms with Gasteiger partial charge in [-0.3, -0.25) is 9.59 Å². The number of rotatable bonds is 30. The van der Waals surface area contributed by atoms with Crippen LogP contribution in [0, 0.1) is 0 Å². The van der Waals surface area contributed by atoms with E-state index in [1.54, 1.807) is 0 Å². The van der Waals surface area contributed by atoms with Gasteiger partial charge in [-0.2, -0.15) is 0 Å². The molecular formula is C34H64O4. The van der Waals surface area contributed by atoms with Gasteiger partial charge in [0.05, 0.1) is 0 Å². The van der Waals surface area contributed by atoms with Crippen LogP contribution in [0.1, 0.15) is 187 Å². The predicted octanol–water partition coefficient (Wildman–Crippen LogP) is 11.1. The van der Waals surface area contributed by atoms with Crippen molar-refractivity contribution in [3.63, 3.8) is 0 Å². The summed E-state index contributed by atoms with van der Waals surface area (Å²) < 4.78 is 5.97. The molecular weight excluding hydrogens is 472 g/mol. The molecule has 0 aliphatic carbocycles. The summed E-state index contributed by atoms with van der Waals surface area (Å²) in [5.74, 6) is -0.668. The van der Waals surface area contributed by atoms with Crippen LogP contribution in [0.5, 0.6) is 0 Å². The van der Waals surface area contributed by atoms with Gasteiger partial charge < -0.3 is 9.84 Å². The maximum absolute atomic E-state index is 12.5. The molecule has 0 fully saturated rings. The number of unbranched alkanes of at least 4 members (excludes halogenated alkanes) is 19. The molecule has 224 valence electrons. The van der Waals surface area contributed by atoms with Gasteiger partial charge in [-0.1, -0.05) is 129 Å². The van der Waals surface area contributed by atoms with Gasteiger partial charge in [-0.25, -0.2) is 0 Å². The summed E-state index contributed by atoms with van der Waals surface area (Å²) >= 11 is 0. The standard InChI is InChI=1S/C34H64O4/c1-3-5-7-9-11-12-13-14-19-23-27-31-34(37)38-32(28-24-20-10-8-6-4-2)29-25-21-17-15-16-18-22-26-30-33(35)36/h9,11,32H,3-8,10,12-31H2,1-2H3,(H,35,36)/b11-9-. The number of carbonyl (C=O) groups is 2. The van der Waals surface area contributed by atoms with Gasteiger partial charge in [0, 0.05) is 12.8 Å². The SMILES string of the molecule is CCCC/C=C\CCCCCCCC(=O)OC(CCCCCCCC)CCCCCCCCCCC(=O)O. The lowest BCUT2D eigenvalue weighted by Gasteiger charge is -2.18. The van der Waals surface area contributed by atoms with Crippen LogP contribution in [-0.2, 0) is 14.3 Å². The molecule has 0 aromatic carbocycles. The molecule has 4 heteroatoms. The van der Waals surface area contributed by atoms with Crippen LogP contribution < -0.4 is 0 Å². The molecule has 4 nitrogen and oxygen atoms in total. The largest absolute Gasteiger partial charge is 0.481 e. The fourth-order valence-corrected chi connectivity index (χ4v) is 4.99. The van der Waals surface area contributed by atoms with Crippen molar-refractivity contribution in [3.05, 3.63) is 12.2 Å². The van der Waals surface area contributed by atoms with E-state index in [9.17, 15) is 9.59 Å². The molecule has 0 saturated carbocycles. The van der Waals surface area contributed by atoms with Crippen molar-refractivity contribution in [2.45, 2.75) is 193 Å². The summed E-state index contributed by atoms with van der Waals surface area (Å²) in [6, 6.07) is 0. The topological polar surface area (TPSA) is 63.6 Å². The minimum Gasteiger partial charge on any atom is -0.481 e. The first-order valence-electron chi connectivity index (χ1n) is 16.7. The molecule has 0 heterocycles. The average molecular weight is 537 g/mol. The molecule has 1 atom stereocenters. The number of carboxylic acid groups (broad SMARTS) is 1. The summed E-state index contributed by atoms with van der Waals surface area (Å²) in [5.41, 5.74) is 0. The highest BCUT2D eigenvalue weighted by Crippen LogP contribution is 2.18. The average Bonchev–Trinajstić information content (AvgIpc) is 2.89. The number of carbonyl (C=O) groups excluding carboxylic acids is 1. The Morgan fingerprint density at radius 3 is 1.50 bits per heavy atom. The van der Waals surface area contributed by atoms with Crippen molar-refractivity contribution in [1.82, 2.24) is 0 Å². The van der Waals surface area contributed by atoms with Gasteiger partial charge in [-0.05, 0) is 57.8 Å². The number of aliphatic carboxylic acids is 1. The number of hydrogen-bond donors (Lipinski definition) is 1. The maximum Gasteiger partial charge on any atom is 0.306 e. The summed E-state index contributed by atoms with van der Waals surface area (Å²) in [4.78, 5) is 23.1. The van der Waals surface area contributed by atoms with E-state index in [1.807, 2.05) is 0 Å². The molecule has 0 aromatic heterocycles. The second-order valence-electron chi connectivity index (χ2n) is 11.3. The molecule has 0 saturated heterocycles. The zero-order valence-corrected chi connectivity index (χ0v) is 25.5. The molecule has 0 bridgehead atoms. The van der Waals surface area contributed by atoms with Gasteiger partial charge in [0.25, 0.3) is 0 Å². The fraction of sp³-hybridized carbons (Fsp3) is 0.882. The Kier molecular flexibility index (Phi) is 29.2.